The van der Waals surface area contributed by atoms with Gasteiger partial charge in [0, 0.05) is 18.3 Å². The van der Waals surface area contributed by atoms with E-state index in [2.05, 4.69) is 15.5 Å². The van der Waals surface area contributed by atoms with Gasteiger partial charge in [0.2, 0.25) is 0 Å². The highest BCUT2D eigenvalue weighted by Gasteiger charge is 2.14. The van der Waals surface area contributed by atoms with Crippen molar-refractivity contribution in [2.45, 2.75) is 6.54 Å². The third-order valence-electron chi connectivity index (χ3n) is 2.20. The van der Waals surface area contributed by atoms with Crippen LogP contribution in [0.3, 0.4) is 0 Å². The summed E-state index contributed by atoms with van der Waals surface area (Å²) in [5.41, 5.74) is 0.434. The van der Waals surface area contributed by atoms with E-state index in [-0.39, 0.29) is 12.1 Å². The lowest BCUT2D eigenvalue weighted by atomic mass is 10.2. The summed E-state index contributed by atoms with van der Waals surface area (Å²) in [5, 5.41) is 8.74. The molecule has 88 valence electrons. The van der Waals surface area contributed by atoms with Crippen molar-refractivity contribution in [3.05, 3.63) is 53.4 Å². The minimum Gasteiger partial charge on any atom is -0.348 e. The first kappa shape index (κ1) is 11.3. The van der Waals surface area contributed by atoms with Gasteiger partial charge in [0.25, 0.3) is 5.91 Å². The van der Waals surface area contributed by atoms with Crippen LogP contribution in [0.4, 0.5) is 8.78 Å². The molecule has 4 nitrogen and oxygen atoms in total. The molecule has 0 unspecified atom stereocenters. The standard InChI is InChI=1S/C11H9F2N3O/c12-9-3-1-2-8(10(9)13)11(17)14-4-7-5-15-16-6-7/h1-3,5-6H,4H2,(H,14,17)(H,15,16). The third kappa shape index (κ3) is 2.47. The van der Waals surface area contributed by atoms with Crippen LogP contribution in [0.5, 0.6) is 0 Å². The minimum absolute atomic E-state index is 0.200. The average Bonchev–Trinajstić information content (AvgIpc) is 2.82. The van der Waals surface area contributed by atoms with E-state index in [4.69, 9.17) is 0 Å². The molecule has 1 aromatic heterocycles. The second-order valence-corrected chi connectivity index (χ2v) is 3.39. The first-order chi connectivity index (χ1) is 8.18. The zero-order valence-electron chi connectivity index (χ0n) is 8.71. The molecule has 0 aliphatic heterocycles. The Balaban J connectivity index is 2.07. The number of benzene rings is 1. The van der Waals surface area contributed by atoms with Crippen molar-refractivity contribution in [2.24, 2.45) is 0 Å². The van der Waals surface area contributed by atoms with Crippen LogP contribution >= 0.6 is 0 Å². The molecule has 2 aromatic rings. The van der Waals surface area contributed by atoms with E-state index in [1.54, 1.807) is 6.20 Å². The molecule has 1 heterocycles. The summed E-state index contributed by atoms with van der Waals surface area (Å²) in [6, 6.07) is 3.47. The van der Waals surface area contributed by atoms with Gasteiger partial charge in [-0.3, -0.25) is 9.89 Å². The van der Waals surface area contributed by atoms with Gasteiger partial charge in [-0.2, -0.15) is 5.10 Å². The van der Waals surface area contributed by atoms with E-state index in [9.17, 15) is 13.6 Å². The highest BCUT2D eigenvalue weighted by molar-refractivity contribution is 5.94. The van der Waals surface area contributed by atoms with Crippen molar-refractivity contribution in [3.8, 4) is 0 Å². The van der Waals surface area contributed by atoms with Crippen molar-refractivity contribution < 1.29 is 13.6 Å². The summed E-state index contributed by atoms with van der Waals surface area (Å²) in [6.45, 7) is 0.200. The number of carbonyl (C=O) groups excluding carboxylic acids is 1. The van der Waals surface area contributed by atoms with Gasteiger partial charge < -0.3 is 5.32 Å². The van der Waals surface area contributed by atoms with Gasteiger partial charge in [-0.1, -0.05) is 6.07 Å². The normalized spacial score (nSPS) is 10.2. The molecule has 0 atom stereocenters. The van der Waals surface area contributed by atoms with Crippen molar-refractivity contribution >= 4 is 5.91 Å². The molecule has 0 saturated carbocycles. The zero-order chi connectivity index (χ0) is 12.3. The van der Waals surface area contributed by atoms with Gasteiger partial charge in [0.05, 0.1) is 11.8 Å². The number of aromatic amines is 1. The summed E-state index contributed by atoms with van der Waals surface area (Å²) < 4.78 is 26.1. The maximum atomic E-state index is 13.3. The fourth-order valence-corrected chi connectivity index (χ4v) is 1.33. The van der Waals surface area contributed by atoms with Gasteiger partial charge in [-0.15, -0.1) is 0 Å². The molecular formula is C11H9F2N3O. The Labute approximate surface area is 95.7 Å². The van der Waals surface area contributed by atoms with Crippen LogP contribution < -0.4 is 5.32 Å². The van der Waals surface area contributed by atoms with Crippen molar-refractivity contribution in [1.29, 1.82) is 0 Å². The highest BCUT2D eigenvalue weighted by atomic mass is 19.2. The number of rotatable bonds is 3. The Morgan fingerprint density at radius 3 is 2.94 bits per heavy atom. The fourth-order valence-electron chi connectivity index (χ4n) is 1.33. The van der Waals surface area contributed by atoms with Crippen LogP contribution in [0, 0.1) is 11.6 Å². The van der Waals surface area contributed by atoms with Crippen molar-refractivity contribution in [2.75, 3.05) is 0 Å². The molecule has 17 heavy (non-hydrogen) atoms. The molecule has 1 aromatic carbocycles. The average molecular weight is 237 g/mol. The number of nitrogens with zero attached hydrogens (tertiary/aromatic N) is 1. The van der Waals surface area contributed by atoms with Crippen LogP contribution in [0.1, 0.15) is 15.9 Å². The maximum absolute atomic E-state index is 13.3. The van der Waals surface area contributed by atoms with Gasteiger partial charge in [0.15, 0.2) is 11.6 Å². The Hall–Kier alpha value is -2.24. The van der Waals surface area contributed by atoms with Crippen molar-refractivity contribution in [3.63, 3.8) is 0 Å². The SMILES string of the molecule is O=C(NCc1cn[nH]c1)c1cccc(F)c1F. The van der Waals surface area contributed by atoms with Gasteiger partial charge in [-0.25, -0.2) is 8.78 Å². The molecule has 0 aliphatic carbocycles. The van der Waals surface area contributed by atoms with Crippen LogP contribution in [0.25, 0.3) is 0 Å². The number of nitrogens with one attached hydrogen (secondary N) is 2. The maximum Gasteiger partial charge on any atom is 0.254 e. The number of aromatic nitrogens is 2. The van der Waals surface area contributed by atoms with E-state index in [0.717, 1.165) is 11.6 Å². The number of amides is 1. The first-order valence-corrected chi connectivity index (χ1v) is 4.88. The zero-order valence-corrected chi connectivity index (χ0v) is 8.71. The molecule has 0 radical (unpaired) electrons. The van der Waals surface area contributed by atoms with E-state index >= 15 is 0 Å². The predicted molar refractivity (Wildman–Crippen MR) is 56.1 cm³/mol. The number of carbonyl (C=O) groups is 1. The Morgan fingerprint density at radius 1 is 1.41 bits per heavy atom. The minimum atomic E-state index is -1.14. The quantitative estimate of drug-likeness (QED) is 0.852. The van der Waals surface area contributed by atoms with E-state index in [1.807, 2.05) is 0 Å². The summed E-state index contributed by atoms with van der Waals surface area (Å²) in [5.74, 6) is -2.85. The lowest BCUT2D eigenvalue weighted by Gasteiger charge is -2.04. The monoisotopic (exact) mass is 237 g/mol. The lowest BCUT2D eigenvalue weighted by Crippen LogP contribution is -2.24. The van der Waals surface area contributed by atoms with Crippen molar-refractivity contribution in [1.82, 2.24) is 15.5 Å². The molecule has 1 amide bonds. The molecule has 0 bridgehead atoms. The highest BCUT2D eigenvalue weighted by Crippen LogP contribution is 2.11. The van der Waals surface area contributed by atoms with Crippen LogP contribution in [0.2, 0.25) is 0 Å². The molecule has 0 saturated heterocycles. The van der Waals surface area contributed by atoms with E-state index in [1.165, 1.54) is 18.3 Å². The lowest BCUT2D eigenvalue weighted by molar-refractivity contribution is 0.0946. The Kier molecular flexibility index (Phi) is 3.13. The summed E-state index contributed by atoms with van der Waals surface area (Å²) in [4.78, 5) is 11.6. The molecule has 2 rings (SSSR count). The second kappa shape index (κ2) is 4.73. The molecule has 0 fully saturated rings. The topological polar surface area (TPSA) is 57.8 Å². The summed E-state index contributed by atoms with van der Waals surface area (Å²) in [6.07, 6.45) is 3.13. The molecule has 6 heteroatoms. The van der Waals surface area contributed by atoms with Crippen LogP contribution in [-0.2, 0) is 6.54 Å². The number of halogens is 2. The molecule has 0 aliphatic rings. The largest absolute Gasteiger partial charge is 0.348 e. The number of hydrogen-bond donors (Lipinski definition) is 2. The van der Waals surface area contributed by atoms with E-state index in [0.29, 0.717) is 0 Å². The van der Waals surface area contributed by atoms with Crippen LogP contribution in [0.15, 0.2) is 30.6 Å². The molecule has 2 N–H and O–H groups in total. The summed E-state index contributed by atoms with van der Waals surface area (Å²) in [7, 11) is 0. The number of hydrogen-bond acceptors (Lipinski definition) is 2. The third-order valence-corrected chi connectivity index (χ3v) is 2.20. The molecule has 0 spiro atoms. The smallest absolute Gasteiger partial charge is 0.254 e. The summed E-state index contributed by atoms with van der Waals surface area (Å²) >= 11 is 0. The second-order valence-electron chi connectivity index (χ2n) is 3.39. The van der Waals surface area contributed by atoms with Gasteiger partial charge >= 0.3 is 0 Å². The molecular weight excluding hydrogens is 228 g/mol. The van der Waals surface area contributed by atoms with Gasteiger partial charge in [-0.05, 0) is 12.1 Å². The van der Waals surface area contributed by atoms with Gasteiger partial charge in [0.1, 0.15) is 0 Å². The van der Waals surface area contributed by atoms with E-state index < -0.39 is 17.5 Å². The van der Waals surface area contributed by atoms with Crippen LogP contribution in [-0.4, -0.2) is 16.1 Å². The first-order valence-electron chi connectivity index (χ1n) is 4.88. The Morgan fingerprint density at radius 2 is 2.24 bits per heavy atom. The Bertz CT molecular complexity index is 526. The fraction of sp³-hybridized carbons (Fsp3) is 0.0909. The number of H-pyrrole nitrogens is 1. The predicted octanol–water partition coefficient (Wildman–Crippen LogP) is 1.62.